The number of halogens is 3. The summed E-state index contributed by atoms with van der Waals surface area (Å²) < 4.78 is 46.5. The number of rotatable bonds is 3. The molecule has 2 nitrogen and oxygen atoms in total. The molecule has 0 fully saturated rings. The van der Waals surface area contributed by atoms with Crippen molar-refractivity contribution in [1.29, 1.82) is 0 Å². The fourth-order valence-corrected chi connectivity index (χ4v) is 1.65. The molecule has 0 N–H and O–H groups in total. The summed E-state index contributed by atoms with van der Waals surface area (Å²) in [6.45, 7) is 0. The summed E-state index contributed by atoms with van der Waals surface area (Å²) in [7, 11) is 1.30. The zero-order chi connectivity index (χ0) is 10.8. The summed E-state index contributed by atoms with van der Waals surface area (Å²) >= 11 is 0. The normalized spacial score (nSPS) is 11.6. The van der Waals surface area contributed by atoms with Gasteiger partial charge in [0, 0.05) is 16.7 Å². The standard InChI is InChI=1S/C8H7ClF2O2S/c9-14(12,13)4-3-6-1-2-7(10)5-8(6)11/h1-2,5H,3-4H2. The minimum absolute atomic E-state index is 0.0576. The van der Waals surface area contributed by atoms with Gasteiger partial charge < -0.3 is 0 Å². The molecule has 0 bridgehead atoms. The van der Waals surface area contributed by atoms with E-state index in [0.29, 0.717) is 6.07 Å². The van der Waals surface area contributed by atoms with Gasteiger partial charge in [0.15, 0.2) is 0 Å². The van der Waals surface area contributed by atoms with E-state index in [9.17, 15) is 17.2 Å². The molecule has 6 heteroatoms. The van der Waals surface area contributed by atoms with Crippen LogP contribution in [0.2, 0.25) is 0 Å². The number of benzene rings is 1. The molecule has 1 aromatic rings. The summed E-state index contributed by atoms with van der Waals surface area (Å²) in [6.07, 6.45) is -0.0576. The summed E-state index contributed by atoms with van der Waals surface area (Å²) in [5.41, 5.74) is 0.135. The van der Waals surface area contributed by atoms with Crippen molar-refractivity contribution < 1.29 is 17.2 Å². The Kier molecular flexibility index (Phi) is 3.44. The second-order valence-electron chi connectivity index (χ2n) is 2.73. The lowest BCUT2D eigenvalue weighted by atomic mass is 10.1. The molecule has 0 unspecified atom stereocenters. The van der Waals surface area contributed by atoms with Gasteiger partial charge in [-0.1, -0.05) is 6.07 Å². The van der Waals surface area contributed by atoms with Crippen molar-refractivity contribution in [3.8, 4) is 0 Å². The monoisotopic (exact) mass is 240 g/mol. The second kappa shape index (κ2) is 4.23. The van der Waals surface area contributed by atoms with Crippen LogP contribution in [0, 0.1) is 11.6 Å². The van der Waals surface area contributed by atoms with Gasteiger partial charge in [-0.15, -0.1) is 0 Å². The lowest BCUT2D eigenvalue weighted by molar-refractivity contribution is 0.572. The van der Waals surface area contributed by atoms with E-state index < -0.39 is 20.7 Å². The Balaban J connectivity index is 2.78. The molecule has 0 saturated heterocycles. The Morgan fingerprint density at radius 1 is 1.29 bits per heavy atom. The third-order valence-corrected chi connectivity index (χ3v) is 2.79. The molecule has 0 spiro atoms. The molecule has 0 heterocycles. The van der Waals surface area contributed by atoms with Gasteiger partial charge in [-0.05, 0) is 18.1 Å². The second-order valence-corrected chi connectivity index (χ2v) is 5.63. The first kappa shape index (κ1) is 11.4. The summed E-state index contributed by atoms with van der Waals surface area (Å²) in [4.78, 5) is 0. The van der Waals surface area contributed by atoms with Crippen LogP contribution in [-0.4, -0.2) is 14.2 Å². The molecule has 0 aliphatic carbocycles. The summed E-state index contributed by atoms with van der Waals surface area (Å²) in [5, 5.41) is 0. The lowest BCUT2D eigenvalue weighted by Crippen LogP contribution is -2.03. The molecule has 0 atom stereocenters. The minimum Gasteiger partial charge on any atom is -0.212 e. The average Bonchev–Trinajstić information content (AvgIpc) is 2.00. The van der Waals surface area contributed by atoms with Crippen LogP contribution in [-0.2, 0) is 15.5 Å². The van der Waals surface area contributed by atoms with E-state index in [1.807, 2.05) is 0 Å². The van der Waals surface area contributed by atoms with Crippen molar-refractivity contribution in [2.45, 2.75) is 6.42 Å². The number of aryl methyl sites for hydroxylation is 1. The quantitative estimate of drug-likeness (QED) is 0.758. The van der Waals surface area contributed by atoms with E-state index in [2.05, 4.69) is 0 Å². The van der Waals surface area contributed by atoms with Crippen molar-refractivity contribution in [3.63, 3.8) is 0 Å². The van der Waals surface area contributed by atoms with Gasteiger partial charge in [-0.3, -0.25) is 0 Å². The highest BCUT2D eigenvalue weighted by molar-refractivity contribution is 8.13. The van der Waals surface area contributed by atoms with E-state index in [1.165, 1.54) is 6.07 Å². The summed E-state index contributed by atoms with van der Waals surface area (Å²) in [5.74, 6) is -1.82. The van der Waals surface area contributed by atoms with Crippen LogP contribution in [0.25, 0.3) is 0 Å². The summed E-state index contributed by atoms with van der Waals surface area (Å²) in [6, 6.07) is 2.97. The van der Waals surface area contributed by atoms with Crippen LogP contribution in [0.4, 0.5) is 8.78 Å². The van der Waals surface area contributed by atoms with Gasteiger partial charge in [0.2, 0.25) is 9.05 Å². The van der Waals surface area contributed by atoms with Crippen molar-refractivity contribution in [1.82, 2.24) is 0 Å². The van der Waals surface area contributed by atoms with Crippen LogP contribution in [0.5, 0.6) is 0 Å². The van der Waals surface area contributed by atoms with E-state index in [-0.39, 0.29) is 17.7 Å². The fraction of sp³-hybridized carbons (Fsp3) is 0.250. The van der Waals surface area contributed by atoms with Gasteiger partial charge >= 0.3 is 0 Å². The van der Waals surface area contributed by atoms with Crippen molar-refractivity contribution >= 4 is 19.7 Å². The highest BCUT2D eigenvalue weighted by Crippen LogP contribution is 2.11. The van der Waals surface area contributed by atoms with E-state index >= 15 is 0 Å². The molecule has 0 saturated carbocycles. The van der Waals surface area contributed by atoms with Gasteiger partial charge in [0.05, 0.1) is 5.75 Å². The minimum atomic E-state index is -3.64. The first-order chi connectivity index (χ1) is 6.38. The van der Waals surface area contributed by atoms with Crippen LogP contribution in [0.15, 0.2) is 18.2 Å². The zero-order valence-corrected chi connectivity index (χ0v) is 8.58. The Hall–Kier alpha value is -0.680. The molecule has 14 heavy (non-hydrogen) atoms. The van der Waals surface area contributed by atoms with Crippen molar-refractivity contribution in [3.05, 3.63) is 35.4 Å². The van der Waals surface area contributed by atoms with Crippen LogP contribution in [0.1, 0.15) is 5.56 Å². The predicted octanol–water partition coefficient (Wildman–Crippen LogP) is 2.08. The topological polar surface area (TPSA) is 34.1 Å². The van der Waals surface area contributed by atoms with E-state index in [4.69, 9.17) is 10.7 Å². The third-order valence-electron chi connectivity index (χ3n) is 1.63. The fourth-order valence-electron chi connectivity index (χ4n) is 0.956. The molecule has 1 rings (SSSR count). The van der Waals surface area contributed by atoms with Crippen molar-refractivity contribution in [2.75, 3.05) is 5.75 Å². The Bertz CT molecular complexity index is 431. The smallest absolute Gasteiger partial charge is 0.212 e. The third kappa shape index (κ3) is 3.59. The van der Waals surface area contributed by atoms with Crippen LogP contribution >= 0.6 is 10.7 Å². The van der Waals surface area contributed by atoms with Crippen LogP contribution < -0.4 is 0 Å². The SMILES string of the molecule is O=S(=O)(Cl)CCc1ccc(F)cc1F. The Labute approximate surface area is 84.9 Å². The van der Waals surface area contributed by atoms with Gasteiger partial charge in [-0.25, -0.2) is 17.2 Å². The zero-order valence-electron chi connectivity index (χ0n) is 7.00. The van der Waals surface area contributed by atoms with Crippen LogP contribution in [0.3, 0.4) is 0 Å². The maximum atomic E-state index is 12.9. The first-order valence-corrected chi connectivity index (χ1v) is 6.22. The maximum absolute atomic E-state index is 12.9. The van der Waals surface area contributed by atoms with Gasteiger partial charge in [0.1, 0.15) is 11.6 Å². The van der Waals surface area contributed by atoms with Gasteiger partial charge in [0.25, 0.3) is 0 Å². The molecule has 0 aliphatic rings. The number of hydrogen-bond acceptors (Lipinski definition) is 2. The van der Waals surface area contributed by atoms with Crippen molar-refractivity contribution in [2.24, 2.45) is 0 Å². The molecular formula is C8H7ClF2O2S. The first-order valence-electron chi connectivity index (χ1n) is 3.75. The molecule has 0 aromatic heterocycles. The molecule has 78 valence electrons. The van der Waals surface area contributed by atoms with E-state index in [1.54, 1.807) is 0 Å². The molecule has 0 radical (unpaired) electrons. The van der Waals surface area contributed by atoms with Gasteiger partial charge in [-0.2, -0.15) is 0 Å². The maximum Gasteiger partial charge on any atom is 0.232 e. The largest absolute Gasteiger partial charge is 0.232 e. The molecule has 1 aromatic carbocycles. The number of hydrogen-bond donors (Lipinski definition) is 0. The highest BCUT2D eigenvalue weighted by atomic mass is 35.7. The average molecular weight is 241 g/mol. The van der Waals surface area contributed by atoms with E-state index in [0.717, 1.165) is 6.07 Å². The molecular weight excluding hydrogens is 234 g/mol. The predicted molar refractivity (Wildman–Crippen MR) is 49.7 cm³/mol. The molecule has 0 amide bonds. The Morgan fingerprint density at radius 3 is 2.43 bits per heavy atom. The molecule has 0 aliphatic heterocycles. The lowest BCUT2D eigenvalue weighted by Gasteiger charge is -2.00. The Morgan fingerprint density at radius 2 is 1.93 bits per heavy atom. The highest BCUT2D eigenvalue weighted by Gasteiger charge is 2.09.